The first-order valence-corrected chi connectivity index (χ1v) is 9.30. The molecule has 4 rings (SSSR count). The highest BCUT2D eigenvalue weighted by atomic mass is 32.1. The van der Waals surface area contributed by atoms with Gasteiger partial charge >= 0.3 is 0 Å². The Hall–Kier alpha value is -2.34. The largest absolute Gasteiger partial charge is 0.497 e. The summed E-state index contributed by atoms with van der Waals surface area (Å²) >= 11 is 1.53. The van der Waals surface area contributed by atoms with Crippen LogP contribution in [0.2, 0.25) is 0 Å². The molecular formula is C19H20N2O3S. The maximum atomic E-state index is 12.6. The van der Waals surface area contributed by atoms with Crippen LogP contribution in [0, 0.1) is 5.41 Å². The summed E-state index contributed by atoms with van der Waals surface area (Å²) in [6.07, 6.45) is 1.38. The van der Waals surface area contributed by atoms with Crippen molar-refractivity contribution in [1.82, 2.24) is 4.90 Å². The Kier molecular flexibility index (Phi) is 4.00. The van der Waals surface area contributed by atoms with E-state index in [-0.39, 0.29) is 17.2 Å². The monoisotopic (exact) mass is 356 g/mol. The molecule has 0 saturated carbocycles. The molecule has 0 aliphatic carbocycles. The van der Waals surface area contributed by atoms with Crippen LogP contribution < -0.4 is 9.64 Å². The van der Waals surface area contributed by atoms with Gasteiger partial charge in [0.1, 0.15) is 5.75 Å². The molecule has 2 aromatic rings. The zero-order valence-corrected chi connectivity index (χ0v) is 14.9. The molecule has 130 valence electrons. The SMILES string of the molecule is COc1ccc(N2C[C@]3(CCN(C(=O)c4ccsc4)C3)CC2=O)cc1. The Morgan fingerprint density at radius 2 is 2.00 bits per heavy atom. The number of hydrogen-bond donors (Lipinski definition) is 0. The predicted octanol–water partition coefficient (Wildman–Crippen LogP) is 3.03. The minimum Gasteiger partial charge on any atom is -0.497 e. The molecule has 1 spiro atoms. The molecule has 6 heteroatoms. The fraction of sp³-hybridized carbons (Fsp3) is 0.368. The molecule has 0 N–H and O–H groups in total. The third-order valence-electron chi connectivity index (χ3n) is 5.20. The molecule has 0 bridgehead atoms. The summed E-state index contributed by atoms with van der Waals surface area (Å²) in [7, 11) is 1.63. The maximum Gasteiger partial charge on any atom is 0.254 e. The quantitative estimate of drug-likeness (QED) is 0.849. The predicted molar refractivity (Wildman–Crippen MR) is 97.2 cm³/mol. The van der Waals surface area contributed by atoms with Crippen molar-refractivity contribution in [2.24, 2.45) is 5.41 Å². The highest BCUT2D eigenvalue weighted by Crippen LogP contribution is 2.42. The van der Waals surface area contributed by atoms with E-state index >= 15 is 0 Å². The number of likely N-dealkylation sites (tertiary alicyclic amines) is 1. The van der Waals surface area contributed by atoms with Gasteiger partial charge < -0.3 is 14.5 Å². The van der Waals surface area contributed by atoms with E-state index in [1.807, 2.05) is 50.9 Å². The summed E-state index contributed by atoms with van der Waals surface area (Å²) in [6.45, 7) is 2.05. The summed E-state index contributed by atoms with van der Waals surface area (Å²) in [4.78, 5) is 28.9. The molecule has 2 saturated heterocycles. The first kappa shape index (κ1) is 16.1. The molecule has 3 heterocycles. The van der Waals surface area contributed by atoms with Gasteiger partial charge in [0.2, 0.25) is 5.91 Å². The smallest absolute Gasteiger partial charge is 0.254 e. The van der Waals surface area contributed by atoms with Crippen LogP contribution in [0.4, 0.5) is 5.69 Å². The highest BCUT2D eigenvalue weighted by molar-refractivity contribution is 7.08. The Morgan fingerprint density at radius 1 is 1.20 bits per heavy atom. The summed E-state index contributed by atoms with van der Waals surface area (Å²) in [5.74, 6) is 0.988. The Balaban J connectivity index is 1.49. The first-order valence-electron chi connectivity index (χ1n) is 8.36. The summed E-state index contributed by atoms with van der Waals surface area (Å²) in [5, 5.41) is 3.81. The van der Waals surface area contributed by atoms with Gasteiger partial charge in [0.15, 0.2) is 0 Å². The van der Waals surface area contributed by atoms with Crippen LogP contribution in [-0.4, -0.2) is 43.5 Å². The summed E-state index contributed by atoms with van der Waals surface area (Å²) in [5.41, 5.74) is 1.52. The number of thiophene rings is 1. The molecule has 5 nitrogen and oxygen atoms in total. The third kappa shape index (κ3) is 2.91. The molecule has 0 unspecified atom stereocenters. The fourth-order valence-corrected chi connectivity index (χ4v) is 4.47. The van der Waals surface area contributed by atoms with E-state index in [0.29, 0.717) is 19.5 Å². The van der Waals surface area contributed by atoms with Gasteiger partial charge in [-0.2, -0.15) is 11.3 Å². The number of rotatable bonds is 3. The van der Waals surface area contributed by atoms with Crippen molar-refractivity contribution in [3.8, 4) is 5.75 Å². The van der Waals surface area contributed by atoms with Gasteiger partial charge in [-0.1, -0.05) is 0 Å². The van der Waals surface area contributed by atoms with Crippen molar-refractivity contribution in [3.63, 3.8) is 0 Å². The lowest BCUT2D eigenvalue weighted by molar-refractivity contribution is -0.117. The minimum absolute atomic E-state index is 0.0773. The Labute approximate surface area is 150 Å². The standard InChI is InChI=1S/C19H20N2O3S/c1-24-16-4-2-15(3-5-16)21-13-19(10-17(21)22)7-8-20(12-19)18(23)14-6-9-25-11-14/h2-6,9,11H,7-8,10,12-13H2,1H3/t19-/m1/s1. The number of carbonyl (C=O) groups is 2. The third-order valence-corrected chi connectivity index (χ3v) is 5.88. The van der Waals surface area contributed by atoms with Gasteiger partial charge in [0.05, 0.1) is 12.7 Å². The van der Waals surface area contributed by atoms with Crippen LogP contribution in [0.1, 0.15) is 23.2 Å². The maximum absolute atomic E-state index is 12.6. The normalized spacial score (nSPS) is 22.8. The van der Waals surface area contributed by atoms with E-state index in [9.17, 15) is 9.59 Å². The van der Waals surface area contributed by atoms with Crippen molar-refractivity contribution in [3.05, 3.63) is 46.7 Å². The van der Waals surface area contributed by atoms with E-state index in [2.05, 4.69) is 0 Å². The Morgan fingerprint density at radius 3 is 2.68 bits per heavy atom. The lowest BCUT2D eigenvalue weighted by Crippen LogP contribution is -2.34. The van der Waals surface area contributed by atoms with E-state index in [4.69, 9.17) is 4.74 Å². The molecule has 2 amide bonds. The number of benzene rings is 1. The summed E-state index contributed by atoms with van der Waals surface area (Å²) < 4.78 is 5.18. The highest BCUT2D eigenvalue weighted by Gasteiger charge is 2.48. The van der Waals surface area contributed by atoms with Crippen molar-refractivity contribution in [2.75, 3.05) is 31.6 Å². The number of nitrogens with zero attached hydrogens (tertiary/aromatic N) is 2. The average Bonchev–Trinajstić information content (AvgIpc) is 3.36. The molecule has 2 fully saturated rings. The van der Waals surface area contributed by atoms with Crippen LogP contribution in [0.15, 0.2) is 41.1 Å². The van der Waals surface area contributed by atoms with E-state index in [1.54, 1.807) is 7.11 Å². The van der Waals surface area contributed by atoms with Crippen molar-refractivity contribution in [2.45, 2.75) is 12.8 Å². The average molecular weight is 356 g/mol. The van der Waals surface area contributed by atoms with Gasteiger partial charge in [-0.3, -0.25) is 9.59 Å². The molecule has 1 atom stereocenters. The van der Waals surface area contributed by atoms with Gasteiger partial charge in [-0.25, -0.2) is 0 Å². The van der Waals surface area contributed by atoms with Gasteiger partial charge in [0.25, 0.3) is 5.91 Å². The molecule has 1 aromatic carbocycles. The zero-order valence-electron chi connectivity index (χ0n) is 14.1. The summed E-state index contributed by atoms with van der Waals surface area (Å²) in [6, 6.07) is 9.43. The number of methoxy groups -OCH3 is 1. The Bertz CT molecular complexity index is 788. The van der Waals surface area contributed by atoms with Gasteiger partial charge in [0, 0.05) is 42.5 Å². The van der Waals surface area contributed by atoms with Gasteiger partial charge in [-0.05, 0) is 42.1 Å². The second-order valence-corrected chi connectivity index (χ2v) is 7.62. The van der Waals surface area contributed by atoms with Crippen LogP contribution in [-0.2, 0) is 4.79 Å². The molecular weight excluding hydrogens is 336 g/mol. The van der Waals surface area contributed by atoms with Crippen LogP contribution in [0.5, 0.6) is 5.75 Å². The topological polar surface area (TPSA) is 49.9 Å². The number of amides is 2. The molecule has 2 aliphatic rings. The lowest BCUT2D eigenvalue weighted by atomic mass is 9.86. The number of anilines is 1. The van der Waals surface area contributed by atoms with E-state index in [0.717, 1.165) is 30.0 Å². The molecule has 0 radical (unpaired) electrons. The molecule has 2 aliphatic heterocycles. The van der Waals surface area contributed by atoms with Crippen molar-refractivity contribution >= 4 is 28.8 Å². The van der Waals surface area contributed by atoms with Gasteiger partial charge in [-0.15, -0.1) is 0 Å². The minimum atomic E-state index is -0.122. The first-order chi connectivity index (χ1) is 12.1. The number of hydrogen-bond acceptors (Lipinski definition) is 4. The molecule has 1 aromatic heterocycles. The van der Waals surface area contributed by atoms with Crippen LogP contribution in [0.25, 0.3) is 0 Å². The lowest BCUT2D eigenvalue weighted by Gasteiger charge is -2.24. The fourth-order valence-electron chi connectivity index (χ4n) is 3.84. The van der Waals surface area contributed by atoms with E-state index < -0.39 is 0 Å². The van der Waals surface area contributed by atoms with Crippen molar-refractivity contribution < 1.29 is 14.3 Å². The van der Waals surface area contributed by atoms with Crippen molar-refractivity contribution in [1.29, 1.82) is 0 Å². The number of carbonyl (C=O) groups excluding carboxylic acids is 2. The zero-order chi connectivity index (χ0) is 17.4. The second-order valence-electron chi connectivity index (χ2n) is 6.84. The number of ether oxygens (including phenoxy) is 1. The van der Waals surface area contributed by atoms with Crippen LogP contribution >= 0.6 is 11.3 Å². The second kappa shape index (κ2) is 6.19. The molecule has 25 heavy (non-hydrogen) atoms. The van der Waals surface area contributed by atoms with E-state index in [1.165, 1.54) is 11.3 Å². The van der Waals surface area contributed by atoms with Crippen LogP contribution in [0.3, 0.4) is 0 Å².